The Morgan fingerprint density at radius 1 is 0.917 bits per heavy atom. The maximum Gasteiger partial charge on any atom is 0.138 e. The molecule has 0 fully saturated rings. The van der Waals surface area contributed by atoms with Gasteiger partial charge in [-0.3, -0.25) is 0 Å². The molecule has 0 spiro atoms. The van der Waals surface area contributed by atoms with E-state index in [0.29, 0.717) is 6.61 Å². The Labute approximate surface area is 140 Å². The summed E-state index contributed by atoms with van der Waals surface area (Å²) in [5.74, 6) is 1.74. The van der Waals surface area contributed by atoms with Gasteiger partial charge in [0, 0.05) is 5.56 Å². The Kier molecular flexibility index (Phi) is 3.75. The minimum Gasteiger partial charge on any atom is -0.489 e. The van der Waals surface area contributed by atoms with Gasteiger partial charge in [-0.25, -0.2) is 4.98 Å². The second-order valence-electron chi connectivity index (χ2n) is 5.90. The van der Waals surface area contributed by atoms with Gasteiger partial charge in [0.2, 0.25) is 0 Å². The summed E-state index contributed by atoms with van der Waals surface area (Å²) in [4.78, 5) is 8.03. The molecule has 0 saturated heterocycles. The first-order valence-electron chi connectivity index (χ1n) is 8.01. The molecule has 0 amide bonds. The smallest absolute Gasteiger partial charge is 0.138 e. The van der Waals surface area contributed by atoms with E-state index in [1.54, 1.807) is 0 Å². The van der Waals surface area contributed by atoms with Gasteiger partial charge in [0.1, 0.15) is 18.2 Å². The highest BCUT2D eigenvalue weighted by molar-refractivity contribution is 5.80. The number of hydrogen-bond donors (Lipinski definition) is 1. The highest BCUT2D eigenvalue weighted by Gasteiger charge is 2.06. The first kappa shape index (κ1) is 14.5. The van der Waals surface area contributed by atoms with Gasteiger partial charge >= 0.3 is 0 Å². The second kappa shape index (κ2) is 6.20. The number of benzene rings is 3. The summed E-state index contributed by atoms with van der Waals surface area (Å²) in [6.07, 6.45) is 0. The number of nitrogens with one attached hydrogen (secondary N) is 1. The molecule has 1 heterocycles. The van der Waals surface area contributed by atoms with Crippen LogP contribution in [0.4, 0.5) is 0 Å². The molecule has 118 valence electrons. The fourth-order valence-corrected chi connectivity index (χ4v) is 2.71. The monoisotopic (exact) mass is 314 g/mol. The summed E-state index contributed by atoms with van der Waals surface area (Å²) in [6.45, 7) is 2.66. The van der Waals surface area contributed by atoms with E-state index in [0.717, 1.165) is 33.7 Å². The van der Waals surface area contributed by atoms with Crippen molar-refractivity contribution in [2.75, 3.05) is 0 Å². The predicted molar refractivity (Wildman–Crippen MR) is 97.0 cm³/mol. The van der Waals surface area contributed by atoms with E-state index in [-0.39, 0.29) is 0 Å². The predicted octanol–water partition coefficient (Wildman–Crippen LogP) is 5.12. The third-order valence-electron chi connectivity index (χ3n) is 4.01. The van der Waals surface area contributed by atoms with Crippen LogP contribution >= 0.6 is 0 Å². The molecule has 3 nitrogen and oxygen atoms in total. The Bertz CT molecular complexity index is 956. The van der Waals surface area contributed by atoms with Gasteiger partial charge in [-0.1, -0.05) is 36.4 Å². The molecule has 0 unspecified atom stereocenters. The van der Waals surface area contributed by atoms with E-state index in [1.165, 1.54) is 5.56 Å². The van der Waals surface area contributed by atoms with Crippen LogP contribution in [-0.4, -0.2) is 9.97 Å². The van der Waals surface area contributed by atoms with E-state index in [1.807, 2.05) is 48.5 Å². The highest BCUT2D eigenvalue weighted by atomic mass is 16.5. The number of rotatable bonds is 4. The van der Waals surface area contributed by atoms with E-state index in [4.69, 9.17) is 4.74 Å². The summed E-state index contributed by atoms with van der Waals surface area (Å²) in [5, 5.41) is 0. The van der Waals surface area contributed by atoms with Gasteiger partial charge in [-0.2, -0.15) is 0 Å². The number of ether oxygens (including phenoxy) is 1. The Morgan fingerprint density at radius 2 is 1.71 bits per heavy atom. The van der Waals surface area contributed by atoms with Crippen LogP contribution in [0.2, 0.25) is 0 Å². The van der Waals surface area contributed by atoms with Crippen LogP contribution in [0.15, 0.2) is 72.8 Å². The molecule has 1 N–H and O–H groups in total. The van der Waals surface area contributed by atoms with Crippen LogP contribution < -0.4 is 4.74 Å². The van der Waals surface area contributed by atoms with Crippen molar-refractivity contribution in [1.29, 1.82) is 0 Å². The minimum atomic E-state index is 0.574. The molecule has 0 aliphatic rings. The number of hydrogen-bond acceptors (Lipinski definition) is 2. The lowest BCUT2D eigenvalue weighted by Gasteiger charge is -2.06. The van der Waals surface area contributed by atoms with E-state index in [9.17, 15) is 0 Å². The first-order valence-corrected chi connectivity index (χ1v) is 8.01. The van der Waals surface area contributed by atoms with Gasteiger partial charge in [0.15, 0.2) is 0 Å². The molecule has 3 aromatic carbocycles. The zero-order valence-corrected chi connectivity index (χ0v) is 13.5. The molecule has 0 saturated carbocycles. The average molecular weight is 314 g/mol. The lowest BCUT2D eigenvalue weighted by atomic mass is 10.2. The molecule has 3 heteroatoms. The van der Waals surface area contributed by atoms with Crippen LogP contribution in [-0.2, 0) is 6.61 Å². The third kappa shape index (κ3) is 3.01. The number of H-pyrrole nitrogens is 1. The number of aromatic amines is 1. The number of nitrogens with zero attached hydrogens (tertiary/aromatic N) is 1. The SMILES string of the molecule is Cc1ccc2nc(-c3ccc(OCc4ccccc4)cc3)[nH]c2c1. The fraction of sp³-hybridized carbons (Fsp3) is 0.0952. The summed E-state index contributed by atoms with van der Waals surface area (Å²) in [7, 11) is 0. The van der Waals surface area contributed by atoms with Crippen LogP contribution in [0.25, 0.3) is 22.4 Å². The molecule has 0 aliphatic heterocycles. The van der Waals surface area contributed by atoms with Crippen LogP contribution in [0, 0.1) is 6.92 Å². The maximum absolute atomic E-state index is 5.83. The van der Waals surface area contributed by atoms with Gasteiger partial charge in [0.25, 0.3) is 0 Å². The Morgan fingerprint density at radius 3 is 2.50 bits per heavy atom. The van der Waals surface area contributed by atoms with Crippen LogP contribution in [0.5, 0.6) is 5.75 Å². The highest BCUT2D eigenvalue weighted by Crippen LogP contribution is 2.23. The van der Waals surface area contributed by atoms with Crippen molar-refractivity contribution in [3.8, 4) is 17.1 Å². The zero-order chi connectivity index (χ0) is 16.4. The standard InChI is InChI=1S/C21H18N2O/c1-15-7-12-19-20(13-15)23-21(22-19)17-8-10-18(11-9-17)24-14-16-5-3-2-4-6-16/h2-13H,14H2,1H3,(H,22,23). The average Bonchev–Trinajstić information content (AvgIpc) is 3.04. The molecule has 0 atom stereocenters. The van der Waals surface area contributed by atoms with Gasteiger partial charge in [-0.05, 0) is 54.4 Å². The molecule has 0 bridgehead atoms. The lowest BCUT2D eigenvalue weighted by Crippen LogP contribution is -1.94. The van der Waals surface area contributed by atoms with Gasteiger partial charge in [0.05, 0.1) is 11.0 Å². The normalized spacial score (nSPS) is 10.9. The van der Waals surface area contributed by atoms with Gasteiger partial charge < -0.3 is 9.72 Å². The van der Waals surface area contributed by atoms with Crippen LogP contribution in [0.1, 0.15) is 11.1 Å². The van der Waals surface area contributed by atoms with Crippen molar-refractivity contribution in [3.05, 3.63) is 83.9 Å². The molecule has 4 aromatic rings. The molecule has 1 aromatic heterocycles. The topological polar surface area (TPSA) is 37.9 Å². The van der Waals surface area contributed by atoms with E-state index in [2.05, 4.69) is 41.2 Å². The summed E-state index contributed by atoms with van der Waals surface area (Å²) in [5.41, 5.74) is 5.49. The van der Waals surface area contributed by atoms with Crippen molar-refractivity contribution in [1.82, 2.24) is 9.97 Å². The Balaban J connectivity index is 1.52. The summed E-state index contributed by atoms with van der Waals surface area (Å²) >= 11 is 0. The molecule has 0 aliphatic carbocycles. The van der Waals surface area contributed by atoms with Crippen molar-refractivity contribution < 1.29 is 4.74 Å². The quantitative estimate of drug-likeness (QED) is 0.568. The number of aromatic nitrogens is 2. The lowest BCUT2D eigenvalue weighted by molar-refractivity contribution is 0.306. The van der Waals surface area contributed by atoms with Crippen molar-refractivity contribution in [2.45, 2.75) is 13.5 Å². The number of imidazole rings is 1. The van der Waals surface area contributed by atoms with Crippen molar-refractivity contribution >= 4 is 11.0 Å². The van der Waals surface area contributed by atoms with Crippen molar-refractivity contribution in [2.24, 2.45) is 0 Å². The maximum atomic E-state index is 5.83. The van der Waals surface area contributed by atoms with E-state index < -0.39 is 0 Å². The summed E-state index contributed by atoms with van der Waals surface area (Å²) in [6, 6.07) is 24.4. The minimum absolute atomic E-state index is 0.574. The number of fused-ring (bicyclic) bond motifs is 1. The second-order valence-corrected chi connectivity index (χ2v) is 5.90. The molecule has 0 radical (unpaired) electrons. The first-order chi connectivity index (χ1) is 11.8. The van der Waals surface area contributed by atoms with Crippen LogP contribution in [0.3, 0.4) is 0 Å². The van der Waals surface area contributed by atoms with Gasteiger partial charge in [-0.15, -0.1) is 0 Å². The number of aryl methyl sites for hydroxylation is 1. The molecular weight excluding hydrogens is 296 g/mol. The van der Waals surface area contributed by atoms with E-state index >= 15 is 0 Å². The van der Waals surface area contributed by atoms with Crippen molar-refractivity contribution in [3.63, 3.8) is 0 Å². The molecule has 4 rings (SSSR count). The molecule has 24 heavy (non-hydrogen) atoms. The summed E-state index contributed by atoms with van der Waals surface area (Å²) < 4.78 is 5.83. The fourth-order valence-electron chi connectivity index (χ4n) is 2.71. The largest absolute Gasteiger partial charge is 0.489 e. The zero-order valence-electron chi connectivity index (χ0n) is 13.5. The third-order valence-corrected chi connectivity index (χ3v) is 4.01. The molecular formula is C21H18N2O. The Hall–Kier alpha value is -3.07.